The van der Waals surface area contributed by atoms with Crippen LogP contribution in [-0.2, 0) is 26.3 Å². The zero-order valence-corrected chi connectivity index (χ0v) is 17.9. The van der Waals surface area contributed by atoms with E-state index >= 15 is 0 Å². The van der Waals surface area contributed by atoms with Crippen molar-refractivity contribution in [3.8, 4) is 17.1 Å². The molecule has 0 amide bonds. The van der Waals surface area contributed by atoms with Gasteiger partial charge in [0.2, 0.25) is 0 Å². The summed E-state index contributed by atoms with van der Waals surface area (Å²) in [4.78, 5) is 18.1. The lowest BCUT2D eigenvalue weighted by Crippen LogP contribution is -2.30. The van der Waals surface area contributed by atoms with Crippen LogP contribution in [0.2, 0.25) is 0 Å². The highest BCUT2D eigenvalue weighted by molar-refractivity contribution is 5.68. The van der Waals surface area contributed by atoms with Crippen molar-refractivity contribution in [1.82, 2.24) is 9.55 Å². The molecule has 0 bridgehead atoms. The van der Waals surface area contributed by atoms with Crippen LogP contribution in [0.4, 0.5) is 5.69 Å². The summed E-state index contributed by atoms with van der Waals surface area (Å²) in [6.45, 7) is 6.32. The third-order valence-electron chi connectivity index (χ3n) is 5.94. The monoisotopic (exact) mass is 383 g/mol. The maximum absolute atomic E-state index is 13.2. The standard InChI is InChI=1S/C23H33N3O2/c1-6-17(7-2)24-21-19(8-3)25-22(26(4)23(21)27)18-13-15-11-9-10-12-16(15)14-20(18)28-5/h13-14,17,24H,6-12H2,1-5H3. The van der Waals surface area contributed by atoms with Crippen molar-refractivity contribution < 1.29 is 4.74 Å². The highest BCUT2D eigenvalue weighted by Crippen LogP contribution is 2.35. The molecular formula is C23H33N3O2. The van der Waals surface area contributed by atoms with Gasteiger partial charge in [-0.05, 0) is 68.2 Å². The van der Waals surface area contributed by atoms with Gasteiger partial charge in [-0.25, -0.2) is 4.98 Å². The minimum absolute atomic E-state index is 0.0199. The van der Waals surface area contributed by atoms with Crippen LogP contribution >= 0.6 is 0 Å². The first kappa shape index (κ1) is 20.4. The van der Waals surface area contributed by atoms with Crippen molar-refractivity contribution in [1.29, 1.82) is 0 Å². The van der Waals surface area contributed by atoms with Crippen LogP contribution in [0.1, 0.15) is 63.3 Å². The summed E-state index contributed by atoms with van der Waals surface area (Å²) >= 11 is 0. The van der Waals surface area contributed by atoms with Crippen molar-refractivity contribution in [2.75, 3.05) is 12.4 Å². The van der Waals surface area contributed by atoms with E-state index in [2.05, 4.69) is 31.3 Å². The van der Waals surface area contributed by atoms with Crippen molar-refractivity contribution in [2.24, 2.45) is 7.05 Å². The largest absolute Gasteiger partial charge is 0.496 e. The molecule has 0 radical (unpaired) electrons. The molecule has 1 N–H and O–H groups in total. The molecule has 1 aromatic carbocycles. The molecule has 0 atom stereocenters. The van der Waals surface area contributed by atoms with Gasteiger partial charge in [-0.1, -0.05) is 20.8 Å². The first-order valence-electron chi connectivity index (χ1n) is 10.6. The molecule has 152 valence electrons. The predicted octanol–water partition coefficient (Wildman–Crippen LogP) is 4.50. The van der Waals surface area contributed by atoms with Crippen LogP contribution < -0.4 is 15.6 Å². The molecule has 0 aliphatic heterocycles. The molecule has 1 aromatic heterocycles. The average Bonchev–Trinajstić information content (AvgIpc) is 2.73. The van der Waals surface area contributed by atoms with Crippen molar-refractivity contribution in [3.05, 3.63) is 39.3 Å². The number of fused-ring (bicyclic) bond motifs is 1. The van der Waals surface area contributed by atoms with Crippen LogP contribution in [0.5, 0.6) is 5.75 Å². The van der Waals surface area contributed by atoms with Gasteiger partial charge >= 0.3 is 0 Å². The van der Waals surface area contributed by atoms with E-state index in [0.717, 1.165) is 42.7 Å². The van der Waals surface area contributed by atoms with E-state index in [1.165, 1.54) is 24.0 Å². The van der Waals surface area contributed by atoms with Gasteiger partial charge in [-0.15, -0.1) is 0 Å². The molecule has 5 heteroatoms. The van der Waals surface area contributed by atoms with Crippen molar-refractivity contribution in [2.45, 2.75) is 71.8 Å². The zero-order chi connectivity index (χ0) is 20.3. The third-order valence-corrected chi connectivity index (χ3v) is 5.94. The molecule has 0 spiro atoms. The molecule has 1 aliphatic carbocycles. The topological polar surface area (TPSA) is 56.2 Å². The van der Waals surface area contributed by atoms with Gasteiger partial charge in [-0.2, -0.15) is 0 Å². The number of anilines is 1. The van der Waals surface area contributed by atoms with E-state index in [0.29, 0.717) is 17.9 Å². The Morgan fingerprint density at radius 2 is 1.79 bits per heavy atom. The lowest BCUT2D eigenvalue weighted by molar-refractivity contribution is 0.414. The molecular weight excluding hydrogens is 350 g/mol. The number of nitrogens with one attached hydrogen (secondary N) is 1. The predicted molar refractivity (Wildman–Crippen MR) is 115 cm³/mol. The molecule has 0 saturated carbocycles. The summed E-state index contributed by atoms with van der Waals surface area (Å²) in [7, 11) is 3.50. The van der Waals surface area contributed by atoms with E-state index in [-0.39, 0.29) is 11.6 Å². The van der Waals surface area contributed by atoms with Gasteiger partial charge in [0.05, 0.1) is 18.4 Å². The summed E-state index contributed by atoms with van der Waals surface area (Å²) in [6, 6.07) is 4.60. The third kappa shape index (κ3) is 3.80. The summed E-state index contributed by atoms with van der Waals surface area (Å²) in [5, 5.41) is 3.44. The van der Waals surface area contributed by atoms with Crippen molar-refractivity contribution >= 4 is 5.69 Å². The maximum atomic E-state index is 13.2. The van der Waals surface area contributed by atoms with Crippen molar-refractivity contribution in [3.63, 3.8) is 0 Å². The zero-order valence-electron chi connectivity index (χ0n) is 17.9. The van der Waals surface area contributed by atoms with E-state index in [4.69, 9.17) is 9.72 Å². The summed E-state index contributed by atoms with van der Waals surface area (Å²) in [6.07, 6.45) is 7.27. The lowest BCUT2D eigenvalue weighted by atomic mass is 9.89. The molecule has 1 heterocycles. The molecule has 5 nitrogen and oxygen atoms in total. The Kier molecular flexibility index (Phi) is 6.42. The van der Waals surface area contributed by atoms with Gasteiger partial charge in [0.1, 0.15) is 17.3 Å². The highest BCUT2D eigenvalue weighted by Gasteiger charge is 2.21. The summed E-state index contributed by atoms with van der Waals surface area (Å²) in [5.74, 6) is 1.48. The second-order valence-electron chi connectivity index (χ2n) is 7.66. The summed E-state index contributed by atoms with van der Waals surface area (Å²) < 4.78 is 7.36. The van der Waals surface area contributed by atoms with Gasteiger partial charge in [-0.3, -0.25) is 9.36 Å². The van der Waals surface area contributed by atoms with Crippen LogP contribution in [0.3, 0.4) is 0 Å². The number of aryl methyl sites for hydroxylation is 3. The van der Waals surface area contributed by atoms with Gasteiger partial charge in [0, 0.05) is 13.1 Å². The van der Waals surface area contributed by atoms with Gasteiger partial charge in [0.15, 0.2) is 0 Å². The SMILES string of the molecule is CCc1nc(-c2cc3c(cc2OC)CCCC3)n(C)c(=O)c1NC(CC)CC. The fourth-order valence-corrected chi connectivity index (χ4v) is 4.09. The molecule has 0 unspecified atom stereocenters. The first-order chi connectivity index (χ1) is 13.5. The Labute approximate surface area is 168 Å². The van der Waals surface area contributed by atoms with Crippen LogP contribution in [-0.4, -0.2) is 22.7 Å². The van der Waals surface area contributed by atoms with Crippen LogP contribution in [0.15, 0.2) is 16.9 Å². The number of methoxy groups -OCH3 is 1. The lowest BCUT2D eigenvalue weighted by Gasteiger charge is -2.22. The number of rotatable bonds is 7. The Balaban J connectivity index is 2.15. The highest BCUT2D eigenvalue weighted by atomic mass is 16.5. The van der Waals surface area contributed by atoms with E-state index in [1.807, 2.05) is 6.92 Å². The Hall–Kier alpha value is -2.30. The smallest absolute Gasteiger partial charge is 0.277 e. The summed E-state index contributed by atoms with van der Waals surface area (Å²) in [5.41, 5.74) is 5.07. The Bertz CT molecular complexity index is 898. The van der Waals surface area contributed by atoms with E-state index < -0.39 is 0 Å². The average molecular weight is 384 g/mol. The number of benzene rings is 1. The number of ether oxygens (including phenoxy) is 1. The van der Waals surface area contributed by atoms with E-state index in [9.17, 15) is 4.79 Å². The Morgan fingerprint density at radius 1 is 1.14 bits per heavy atom. The molecule has 1 aliphatic rings. The molecule has 3 rings (SSSR count). The molecule has 0 fully saturated rings. The number of nitrogens with zero attached hydrogens (tertiary/aromatic N) is 2. The van der Waals surface area contributed by atoms with Crippen LogP contribution in [0, 0.1) is 0 Å². The normalized spacial score (nSPS) is 13.5. The first-order valence-corrected chi connectivity index (χ1v) is 10.6. The minimum atomic E-state index is -0.0199. The molecule has 2 aromatic rings. The van der Waals surface area contributed by atoms with Gasteiger partial charge < -0.3 is 10.1 Å². The number of hydrogen-bond donors (Lipinski definition) is 1. The fourth-order valence-electron chi connectivity index (χ4n) is 4.09. The Morgan fingerprint density at radius 3 is 2.36 bits per heavy atom. The van der Waals surface area contributed by atoms with E-state index in [1.54, 1.807) is 18.7 Å². The number of hydrogen-bond acceptors (Lipinski definition) is 4. The molecule has 0 saturated heterocycles. The second kappa shape index (κ2) is 8.80. The quantitative estimate of drug-likeness (QED) is 0.765. The number of aromatic nitrogens is 2. The van der Waals surface area contributed by atoms with Gasteiger partial charge in [0.25, 0.3) is 5.56 Å². The van der Waals surface area contributed by atoms with Crippen LogP contribution in [0.25, 0.3) is 11.4 Å². The maximum Gasteiger partial charge on any atom is 0.277 e. The molecule has 28 heavy (non-hydrogen) atoms. The second-order valence-corrected chi connectivity index (χ2v) is 7.66. The minimum Gasteiger partial charge on any atom is -0.496 e. The fraction of sp³-hybridized carbons (Fsp3) is 0.565.